The Hall–Kier alpha value is -3.21. The number of rotatable bonds is 6. The van der Waals surface area contributed by atoms with Gasteiger partial charge in [-0.3, -0.25) is 4.79 Å². The highest BCUT2D eigenvalue weighted by molar-refractivity contribution is 7.89. The summed E-state index contributed by atoms with van der Waals surface area (Å²) in [6.45, 7) is 1.10. The molecule has 4 rings (SSSR count). The van der Waals surface area contributed by atoms with Crippen LogP contribution in [0.5, 0.6) is 5.75 Å². The molecule has 168 valence electrons. The van der Waals surface area contributed by atoms with Crippen molar-refractivity contribution in [2.45, 2.75) is 4.90 Å². The third kappa shape index (κ3) is 4.52. The number of carbonyl (C=O) groups excluding carboxylic acids is 1. The van der Waals surface area contributed by atoms with E-state index in [4.69, 9.17) is 13.9 Å². The Kier molecular flexibility index (Phi) is 6.26. The monoisotopic (exact) mass is 460 g/mol. The molecule has 0 atom stereocenters. The molecular formula is C22H21FN2O6S. The van der Waals surface area contributed by atoms with Gasteiger partial charge in [-0.15, -0.1) is 0 Å². The zero-order valence-electron chi connectivity index (χ0n) is 17.2. The number of hydrogen-bond donors (Lipinski definition) is 1. The van der Waals surface area contributed by atoms with E-state index in [0.29, 0.717) is 24.5 Å². The molecule has 0 bridgehead atoms. The lowest BCUT2D eigenvalue weighted by molar-refractivity contribution is 0.0729. The Labute approximate surface area is 184 Å². The summed E-state index contributed by atoms with van der Waals surface area (Å²) in [5, 5.41) is 2.64. The maximum absolute atomic E-state index is 13.1. The number of hydrogen-bond acceptors (Lipinski definition) is 6. The molecule has 1 saturated heterocycles. The van der Waals surface area contributed by atoms with E-state index in [1.807, 2.05) is 0 Å². The van der Waals surface area contributed by atoms with Crippen LogP contribution in [0.4, 0.5) is 10.1 Å². The lowest BCUT2D eigenvalue weighted by Gasteiger charge is -2.26. The Morgan fingerprint density at radius 1 is 1.06 bits per heavy atom. The van der Waals surface area contributed by atoms with Crippen molar-refractivity contribution >= 4 is 21.6 Å². The van der Waals surface area contributed by atoms with Crippen molar-refractivity contribution in [1.82, 2.24) is 4.31 Å². The number of anilines is 1. The van der Waals surface area contributed by atoms with Gasteiger partial charge in [0.05, 0.1) is 20.3 Å². The van der Waals surface area contributed by atoms with Crippen molar-refractivity contribution in [3.8, 4) is 17.1 Å². The van der Waals surface area contributed by atoms with E-state index in [2.05, 4.69) is 5.32 Å². The topological polar surface area (TPSA) is 98.1 Å². The lowest BCUT2D eigenvalue weighted by Crippen LogP contribution is -2.40. The van der Waals surface area contributed by atoms with Gasteiger partial charge >= 0.3 is 0 Å². The molecule has 0 aliphatic carbocycles. The Morgan fingerprint density at radius 2 is 1.78 bits per heavy atom. The molecular weight excluding hydrogens is 439 g/mol. The molecule has 10 heteroatoms. The van der Waals surface area contributed by atoms with Crippen LogP contribution in [0.25, 0.3) is 11.3 Å². The summed E-state index contributed by atoms with van der Waals surface area (Å²) in [4.78, 5) is 12.6. The van der Waals surface area contributed by atoms with Gasteiger partial charge in [-0.05, 0) is 54.6 Å². The fraction of sp³-hybridized carbons (Fsp3) is 0.227. The van der Waals surface area contributed by atoms with Crippen molar-refractivity contribution < 1.29 is 31.5 Å². The molecule has 0 spiro atoms. The van der Waals surface area contributed by atoms with Crippen LogP contribution in [0, 0.1) is 5.82 Å². The smallest absolute Gasteiger partial charge is 0.291 e. The van der Waals surface area contributed by atoms with Crippen LogP contribution >= 0.6 is 0 Å². The number of amides is 1. The molecule has 1 amide bonds. The molecule has 32 heavy (non-hydrogen) atoms. The molecule has 3 aromatic rings. The average molecular weight is 460 g/mol. The summed E-state index contributed by atoms with van der Waals surface area (Å²) >= 11 is 0. The zero-order valence-corrected chi connectivity index (χ0v) is 18.0. The van der Waals surface area contributed by atoms with Crippen LogP contribution in [0.15, 0.2) is 63.9 Å². The third-order valence-electron chi connectivity index (χ3n) is 4.97. The molecule has 1 aromatic heterocycles. The van der Waals surface area contributed by atoms with Gasteiger partial charge in [-0.2, -0.15) is 4.31 Å². The number of ether oxygens (including phenoxy) is 2. The molecule has 1 N–H and O–H groups in total. The van der Waals surface area contributed by atoms with E-state index in [9.17, 15) is 17.6 Å². The summed E-state index contributed by atoms with van der Waals surface area (Å²) < 4.78 is 56.7. The normalized spacial score (nSPS) is 14.8. The Balaban J connectivity index is 1.56. The molecule has 2 aromatic carbocycles. The first-order valence-corrected chi connectivity index (χ1v) is 11.3. The van der Waals surface area contributed by atoms with Gasteiger partial charge in [0.25, 0.3) is 5.91 Å². The number of halogens is 1. The standard InChI is InChI=1S/C22H21FN2O6S/c1-29-19-7-6-17(14-21(19)32(27,28)25-10-12-30-13-11-25)24-22(26)20-9-8-18(31-20)15-2-4-16(23)5-3-15/h2-9,14H,10-13H2,1H3,(H,24,26). The highest BCUT2D eigenvalue weighted by Crippen LogP contribution is 2.31. The number of nitrogens with zero attached hydrogens (tertiary/aromatic N) is 1. The Morgan fingerprint density at radius 3 is 2.47 bits per heavy atom. The molecule has 0 unspecified atom stereocenters. The number of nitrogens with one attached hydrogen (secondary N) is 1. The molecule has 1 aliphatic heterocycles. The van der Waals surface area contributed by atoms with Crippen LogP contribution in [0.3, 0.4) is 0 Å². The van der Waals surface area contributed by atoms with Gasteiger partial charge in [0.2, 0.25) is 10.0 Å². The summed E-state index contributed by atoms with van der Waals surface area (Å²) in [6, 6.07) is 13.1. The first kappa shape index (κ1) is 22.0. The van der Waals surface area contributed by atoms with Crippen molar-refractivity contribution in [3.63, 3.8) is 0 Å². The quantitative estimate of drug-likeness (QED) is 0.606. The molecule has 0 radical (unpaired) electrons. The van der Waals surface area contributed by atoms with E-state index in [1.54, 1.807) is 24.3 Å². The largest absolute Gasteiger partial charge is 0.495 e. The molecule has 8 nitrogen and oxygen atoms in total. The summed E-state index contributed by atoms with van der Waals surface area (Å²) in [7, 11) is -2.46. The minimum Gasteiger partial charge on any atom is -0.495 e. The van der Waals surface area contributed by atoms with E-state index in [0.717, 1.165) is 0 Å². The summed E-state index contributed by atoms with van der Waals surface area (Å²) in [5.41, 5.74) is 0.885. The van der Waals surface area contributed by atoms with Gasteiger partial charge in [0.15, 0.2) is 5.76 Å². The van der Waals surface area contributed by atoms with Crippen molar-refractivity contribution in [2.75, 3.05) is 38.7 Å². The van der Waals surface area contributed by atoms with Crippen LogP contribution < -0.4 is 10.1 Å². The van der Waals surface area contributed by atoms with Gasteiger partial charge < -0.3 is 19.2 Å². The highest BCUT2D eigenvalue weighted by Gasteiger charge is 2.29. The van der Waals surface area contributed by atoms with Crippen molar-refractivity contribution in [1.29, 1.82) is 0 Å². The predicted octanol–water partition coefficient (Wildman–Crippen LogP) is 3.37. The van der Waals surface area contributed by atoms with Crippen molar-refractivity contribution in [2.24, 2.45) is 0 Å². The minimum absolute atomic E-state index is 0.0257. The summed E-state index contributed by atoms with van der Waals surface area (Å²) in [5.74, 6) is -0.330. The van der Waals surface area contributed by atoms with E-state index in [1.165, 1.54) is 41.7 Å². The van der Waals surface area contributed by atoms with Crippen LogP contribution in [0.1, 0.15) is 10.6 Å². The van der Waals surface area contributed by atoms with Gasteiger partial charge in [-0.25, -0.2) is 12.8 Å². The van der Waals surface area contributed by atoms with E-state index >= 15 is 0 Å². The molecule has 2 heterocycles. The number of methoxy groups -OCH3 is 1. The van der Waals surface area contributed by atoms with Crippen molar-refractivity contribution in [3.05, 3.63) is 66.2 Å². The SMILES string of the molecule is COc1ccc(NC(=O)c2ccc(-c3ccc(F)cc3)o2)cc1S(=O)(=O)N1CCOCC1. The van der Waals surface area contributed by atoms with Crippen LogP contribution in [-0.2, 0) is 14.8 Å². The molecule has 1 aliphatic rings. The number of sulfonamides is 1. The third-order valence-corrected chi connectivity index (χ3v) is 6.89. The lowest BCUT2D eigenvalue weighted by atomic mass is 10.2. The molecule has 1 fully saturated rings. The fourth-order valence-corrected chi connectivity index (χ4v) is 4.89. The zero-order chi connectivity index (χ0) is 22.7. The number of carbonyl (C=O) groups is 1. The fourth-order valence-electron chi connectivity index (χ4n) is 3.30. The maximum atomic E-state index is 13.1. The van der Waals surface area contributed by atoms with Gasteiger partial charge in [-0.1, -0.05) is 0 Å². The molecule has 0 saturated carbocycles. The second-order valence-electron chi connectivity index (χ2n) is 7.01. The van der Waals surface area contributed by atoms with Gasteiger partial charge in [0.1, 0.15) is 22.2 Å². The van der Waals surface area contributed by atoms with Crippen LogP contribution in [-0.4, -0.2) is 52.0 Å². The summed E-state index contributed by atoms with van der Waals surface area (Å²) in [6.07, 6.45) is 0. The predicted molar refractivity (Wildman–Crippen MR) is 115 cm³/mol. The first-order valence-electron chi connectivity index (χ1n) is 9.81. The second kappa shape index (κ2) is 9.11. The average Bonchev–Trinajstić information content (AvgIpc) is 3.30. The van der Waals surface area contributed by atoms with E-state index in [-0.39, 0.29) is 41.0 Å². The van der Waals surface area contributed by atoms with Crippen LogP contribution in [0.2, 0.25) is 0 Å². The van der Waals surface area contributed by atoms with Gasteiger partial charge in [0, 0.05) is 24.3 Å². The Bertz CT molecular complexity index is 1220. The van der Waals surface area contributed by atoms with E-state index < -0.39 is 15.9 Å². The highest BCUT2D eigenvalue weighted by atomic mass is 32.2. The number of morpholine rings is 1. The first-order chi connectivity index (χ1) is 15.4. The minimum atomic E-state index is -3.84. The number of benzene rings is 2. The second-order valence-corrected chi connectivity index (χ2v) is 8.91. The maximum Gasteiger partial charge on any atom is 0.291 e. The number of furan rings is 1.